The number of aliphatic hydroxyl groups is 1. The summed E-state index contributed by atoms with van der Waals surface area (Å²) in [6.45, 7) is 2.12. The molecule has 0 fully saturated rings. The summed E-state index contributed by atoms with van der Waals surface area (Å²) in [5.41, 5.74) is 1.87. The molecule has 2 N–H and O–H groups in total. The summed E-state index contributed by atoms with van der Waals surface area (Å²) in [7, 11) is -2.90. The number of ether oxygens (including phenoxy) is 1. The molecule has 0 heterocycles. The van der Waals surface area contributed by atoms with E-state index in [0.29, 0.717) is 17.3 Å². The van der Waals surface area contributed by atoms with Crippen molar-refractivity contribution in [3.8, 4) is 5.75 Å². The molecule has 0 amide bonds. The predicted molar refractivity (Wildman–Crippen MR) is 98.2 cm³/mol. The minimum atomic E-state index is -2.90. The first-order valence-electron chi connectivity index (χ1n) is 8.10. The van der Waals surface area contributed by atoms with E-state index in [4.69, 9.17) is 16.3 Å². The van der Waals surface area contributed by atoms with Crippen LogP contribution in [0.1, 0.15) is 24.2 Å². The van der Waals surface area contributed by atoms with E-state index in [1.807, 2.05) is 31.2 Å². The molecular weight excluding hydrogens is 400 g/mol. The van der Waals surface area contributed by atoms with E-state index in [9.17, 15) is 14.6 Å². The second-order valence-corrected chi connectivity index (χ2v) is 6.98. The molecule has 3 atom stereocenters. The van der Waals surface area contributed by atoms with Gasteiger partial charge in [0, 0.05) is 17.6 Å². The Hall–Kier alpha value is -0.530. The van der Waals surface area contributed by atoms with Gasteiger partial charge in [-0.2, -0.15) is 0 Å². The minimum absolute atomic E-state index is 0. The Morgan fingerprint density at radius 3 is 2.59 bits per heavy atom. The van der Waals surface area contributed by atoms with Gasteiger partial charge in [-0.15, -0.1) is 4.52 Å². The Morgan fingerprint density at radius 1 is 1.26 bits per heavy atom. The molecule has 9 heteroatoms. The van der Waals surface area contributed by atoms with Crippen LogP contribution in [0.2, 0.25) is 5.02 Å². The average molecular weight is 421 g/mol. The third kappa shape index (κ3) is 9.48. The Morgan fingerprint density at radius 2 is 1.96 bits per heavy atom. The van der Waals surface area contributed by atoms with Crippen LogP contribution in [0.15, 0.2) is 48.5 Å². The minimum Gasteiger partial charge on any atom is -0.566 e. The Kier molecular flexibility index (Phi) is 11.7. The predicted octanol–water partition coefficient (Wildman–Crippen LogP) is -0.0312. The van der Waals surface area contributed by atoms with Crippen LogP contribution in [0.4, 0.5) is 0 Å². The van der Waals surface area contributed by atoms with E-state index >= 15 is 0 Å². The zero-order valence-corrected chi connectivity index (χ0v) is 19.0. The van der Waals surface area contributed by atoms with Crippen LogP contribution in [0.5, 0.6) is 5.75 Å². The van der Waals surface area contributed by atoms with Gasteiger partial charge < -0.3 is 20.1 Å². The first-order valence-corrected chi connectivity index (χ1v) is 9.57. The van der Waals surface area contributed by atoms with Crippen molar-refractivity contribution >= 4 is 19.9 Å². The summed E-state index contributed by atoms with van der Waals surface area (Å²) in [5, 5.41) is 14.1. The van der Waals surface area contributed by atoms with Crippen LogP contribution in [0.3, 0.4) is 0 Å². The number of nitrogens with one attached hydrogen (secondary N) is 1. The van der Waals surface area contributed by atoms with E-state index in [0.717, 1.165) is 17.5 Å². The van der Waals surface area contributed by atoms with Gasteiger partial charge in [-0.05, 0) is 53.3 Å². The monoisotopic (exact) mass is 420 g/mol. The van der Waals surface area contributed by atoms with E-state index in [2.05, 4.69) is 9.84 Å². The van der Waals surface area contributed by atoms with E-state index in [1.165, 1.54) is 0 Å². The summed E-state index contributed by atoms with van der Waals surface area (Å²) < 4.78 is 19.8. The van der Waals surface area contributed by atoms with Crippen molar-refractivity contribution in [2.24, 2.45) is 0 Å². The fraction of sp³-hybridized carbons (Fsp3) is 0.333. The largest absolute Gasteiger partial charge is 1.00 e. The number of hydrogen-bond acceptors (Lipinski definition) is 6. The molecule has 0 saturated heterocycles. The molecule has 2 rings (SSSR count). The quantitative estimate of drug-likeness (QED) is 0.319. The second kappa shape index (κ2) is 12.8. The molecule has 6 nitrogen and oxygen atoms in total. The van der Waals surface area contributed by atoms with Crippen molar-refractivity contribution in [2.75, 3.05) is 13.3 Å². The van der Waals surface area contributed by atoms with E-state index < -0.39 is 14.4 Å². The van der Waals surface area contributed by atoms with Crippen LogP contribution >= 0.6 is 19.9 Å². The Labute approximate surface area is 187 Å². The third-order valence-electron chi connectivity index (χ3n) is 3.74. The van der Waals surface area contributed by atoms with Gasteiger partial charge in [0.15, 0.2) is 0 Å². The van der Waals surface area contributed by atoms with E-state index in [-0.39, 0.29) is 42.4 Å². The average Bonchev–Trinajstić information content (AvgIpc) is 2.61. The first-order chi connectivity index (χ1) is 12.4. The topological polar surface area (TPSA) is 90.9 Å². The van der Waals surface area contributed by atoms with Crippen molar-refractivity contribution in [2.45, 2.75) is 25.5 Å². The van der Waals surface area contributed by atoms with Crippen LogP contribution in [-0.2, 0) is 15.5 Å². The number of benzene rings is 2. The Balaban J connectivity index is 0.00000364. The van der Waals surface area contributed by atoms with Gasteiger partial charge in [0.1, 0.15) is 5.75 Å². The number of rotatable bonds is 10. The molecule has 0 aromatic heterocycles. The van der Waals surface area contributed by atoms with Crippen molar-refractivity contribution in [1.29, 1.82) is 0 Å². The van der Waals surface area contributed by atoms with Gasteiger partial charge in [-0.1, -0.05) is 35.9 Å². The molecule has 0 bridgehead atoms. The molecule has 0 aliphatic rings. The maximum atomic E-state index is 10.3. The normalized spacial score (nSPS) is 13.4. The summed E-state index contributed by atoms with van der Waals surface area (Å²) in [4.78, 5) is 10.3. The van der Waals surface area contributed by atoms with Crippen molar-refractivity contribution in [3.05, 3.63) is 64.7 Å². The fourth-order valence-corrected chi connectivity index (χ4v) is 2.77. The van der Waals surface area contributed by atoms with Gasteiger partial charge in [0.25, 0.3) is 0 Å². The zero-order valence-electron chi connectivity index (χ0n) is 15.3. The molecule has 2 aromatic rings. The van der Waals surface area contributed by atoms with Gasteiger partial charge in [0.2, 0.25) is 6.79 Å². The van der Waals surface area contributed by atoms with Gasteiger partial charge in [0.05, 0.1) is 6.10 Å². The third-order valence-corrected chi connectivity index (χ3v) is 4.29. The number of aliphatic hydroxyl groups excluding tert-OH is 1. The fourth-order valence-electron chi connectivity index (χ4n) is 2.43. The summed E-state index contributed by atoms with van der Waals surface area (Å²) >= 11 is 5.94. The SMILES string of the molecule is CC(Cc1ccc(OCO[P+](=O)[O-])cc1)NCC(O)c1cccc(Cl)c1.[Na+]. The van der Waals surface area contributed by atoms with Crippen LogP contribution in [0, 0.1) is 0 Å². The van der Waals surface area contributed by atoms with Crippen molar-refractivity contribution in [3.63, 3.8) is 0 Å². The van der Waals surface area contributed by atoms with E-state index in [1.54, 1.807) is 24.3 Å². The molecule has 0 radical (unpaired) electrons. The molecule has 27 heavy (non-hydrogen) atoms. The van der Waals surface area contributed by atoms with Gasteiger partial charge in [-0.25, -0.2) is 0 Å². The van der Waals surface area contributed by atoms with Crippen molar-refractivity contribution in [1.82, 2.24) is 5.32 Å². The summed E-state index contributed by atoms with van der Waals surface area (Å²) in [6, 6.07) is 14.6. The smallest absolute Gasteiger partial charge is 0.566 e. The molecule has 2 aromatic carbocycles. The maximum Gasteiger partial charge on any atom is 1.00 e. The van der Waals surface area contributed by atoms with Crippen molar-refractivity contribution < 1.29 is 53.4 Å². The molecule has 0 aliphatic carbocycles. The zero-order chi connectivity index (χ0) is 18.9. The molecular formula is C18H21ClNNaO5P+. The molecule has 140 valence electrons. The Bertz CT molecular complexity index is 719. The molecule has 0 saturated carbocycles. The first kappa shape index (κ1) is 24.5. The van der Waals surface area contributed by atoms with Gasteiger partial charge >= 0.3 is 37.8 Å². The molecule has 0 spiro atoms. The standard InChI is InChI=1S/C18H21ClNO5P.Na/c1-13(20-11-18(21)15-3-2-4-16(19)10-15)9-14-5-7-17(8-6-14)24-12-25-26(22)23;/h2-8,10,13,18,20-21H,9,11-12H2,1H3;/q;+1. The molecule has 0 aliphatic heterocycles. The van der Waals surface area contributed by atoms with Crippen LogP contribution in [-0.4, -0.2) is 24.5 Å². The summed E-state index contributed by atoms with van der Waals surface area (Å²) in [5.74, 6) is 0.530. The van der Waals surface area contributed by atoms with Crippen LogP contribution < -0.4 is 44.5 Å². The molecule has 3 unspecified atom stereocenters. The second-order valence-electron chi connectivity index (χ2n) is 5.84. The number of halogens is 1. The maximum absolute atomic E-state index is 10.3. The van der Waals surface area contributed by atoms with Crippen LogP contribution in [0.25, 0.3) is 0 Å². The summed E-state index contributed by atoms with van der Waals surface area (Å²) in [6.07, 6.45) is 0.144. The number of hydrogen-bond donors (Lipinski definition) is 2. The van der Waals surface area contributed by atoms with Gasteiger partial charge in [-0.3, -0.25) is 0 Å².